The fourth-order valence-electron chi connectivity index (χ4n) is 6.38. The molecule has 0 radical (unpaired) electrons. The smallest absolute Gasteiger partial charge is 0.181 e. The molecule has 2 aromatic carbocycles. The van der Waals surface area contributed by atoms with Gasteiger partial charge in [0.1, 0.15) is 23.0 Å². The summed E-state index contributed by atoms with van der Waals surface area (Å²) in [6.07, 6.45) is 5.64. The first kappa shape index (κ1) is 26.4. The Morgan fingerprint density at radius 2 is 1.71 bits per heavy atom. The Labute approximate surface area is 225 Å². The molecule has 0 N–H and O–H groups in total. The highest BCUT2D eigenvalue weighted by molar-refractivity contribution is 5.94. The molecule has 2 aliphatic rings. The van der Waals surface area contributed by atoms with E-state index in [-0.39, 0.29) is 11.6 Å². The van der Waals surface area contributed by atoms with E-state index < -0.39 is 0 Å². The number of hydrogen-bond donors (Lipinski definition) is 0. The molecule has 3 atom stereocenters. The summed E-state index contributed by atoms with van der Waals surface area (Å²) >= 11 is 0. The highest BCUT2D eigenvalue weighted by Crippen LogP contribution is 2.46. The maximum Gasteiger partial charge on any atom is 0.181 e. The van der Waals surface area contributed by atoms with Gasteiger partial charge in [-0.1, -0.05) is 12.1 Å². The molecular weight excluding hydrogens is 479 g/mol. The highest BCUT2D eigenvalue weighted by Gasteiger charge is 2.44. The molecule has 1 unspecified atom stereocenters. The number of nitrogens with zero attached hydrogens (tertiary/aromatic N) is 2. The van der Waals surface area contributed by atoms with Crippen LogP contribution in [-0.4, -0.2) is 41.5 Å². The van der Waals surface area contributed by atoms with Gasteiger partial charge in [0.05, 0.1) is 18.8 Å². The van der Waals surface area contributed by atoms with Crippen molar-refractivity contribution < 1.29 is 18.7 Å². The van der Waals surface area contributed by atoms with Gasteiger partial charge >= 0.3 is 0 Å². The molecule has 0 amide bonds. The quantitative estimate of drug-likeness (QED) is 0.275. The predicted octanol–water partition coefficient (Wildman–Crippen LogP) is 6.87. The van der Waals surface area contributed by atoms with Gasteiger partial charge in [0.25, 0.3) is 0 Å². The first-order chi connectivity index (χ1) is 18.5. The van der Waals surface area contributed by atoms with E-state index in [1.54, 1.807) is 18.3 Å². The molecule has 1 saturated heterocycles. The van der Waals surface area contributed by atoms with Crippen LogP contribution in [0.5, 0.6) is 11.5 Å². The van der Waals surface area contributed by atoms with E-state index in [4.69, 9.17) is 9.47 Å². The molecule has 2 heterocycles. The average molecular weight is 517 g/mol. The number of benzene rings is 2. The summed E-state index contributed by atoms with van der Waals surface area (Å²) in [5.41, 5.74) is 4.55. The second kappa shape index (κ2) is 11.6. The number of pyridine rings is 1. The van der Waals surface area contributed by atoms with Crippen molar-refractivity contribution >= 4 is 5.78 Å². The van der Waals surface area contributed by atoms with Crippen molar-refractivity contribution in [2.45, 2.75) is 59.0 Å². The molecule has 5 rings (SSSR count). The number of rotatable bonds is 10. The van der Waals surface area contributed by atoms with E-state index in [9.17, 15) is 9.18 Å². The fraction of sp³-hybridized carbons (Fsp3) is 0.438. The van der Waals surface area contributed by atoms with Crippen molar-refractivity contribution in [2.75, 3.05) is 19.8 Å². The zero-order chi connectivity index (χ0) is 26.6. The van der Waals surface area contributed by atoms with E-state index in [0.717, 1.165) is 66.1 Å². The number of Topliss-reactive ketones (excluding diaryl/α,β-unsaturated/α-hetero) is 1. The van der Waals surface area contributed by atoms with Crippen LogP contribution in [0.1, 0.15) is 61.1 Å². The molecule has 200 valence electrons. The van der Waals surface area contributed by atoms with E-state index >= 15 is 0 Å². The third-order valence-corrected chi connectivity index (χ3v) is 8.04. The molecule has 38 heavy (non-hydrogen) atoms. The molecule has 1 aromatic heterocycles. The number of likely N-dealkylation sites (tertiary alicyclic amines) is 1. The Kier molecular flexibility index (Phi) is 8.08. The number of halogens is 1. The number of ketones is 1. The summed E-state index contributed by atoms with van der Waals surface area (Å²) in [6.45, 7) is 8.84. The number of hydrogen-bond acceptors (Lipinski definition) is 5. The Balaban J connectivity index is 1.33. The maximum atomic E-state index is 13.6. The monoisotopic (exact) mass is 516 g/mol. The van der Waals surface area contributed by atoms with Gasteiger partial charge < -0.3 is 9.47 Å². The summed E-state index contributed by atoms with van der Waals surface area (Å²) in [4.78, 5) is 19.8. The lowest BCUT2D eigenvalue weighted by Gasteiger charge is -2.25. The second-order valence-corrected chi connectivity index (χ2v) is 10.5. The van der Waals surface area contributed by atoms with Crippen molar-refractivity contribution in [3.63, 3.8) is 0 Å². The van der Waals surface area contributed by atoms with Gasteiger partial charge in [-0.2, -0.15) is 0 Å². The molecule has 1 aliphatic heterocycles. The standard InChI is InChI=1S/C32H37FN2O3/c1-4-37-30-17-22(18-31(38-5-2)32(30)23-6-9-25(33)10-7-23)20-35-15-13-26-24(8-11-28(26)35)19-29(36)27-16-21(3)12-14-34-27/h6-7,9-10,12,14,16-18,24,26,28H,4-5,8,11,13,15,19-20H2,1-3H3/t24?,26-,28+/m0/s1. The van der Waals surface area contributed by atoms with E-state index in [1.807, 2.05) is 32.9 Å². The molecule has 1 saturated carbocycles. The summed E-state index contributed by atoms with van der Waals surface area (Å²) < 4.78 is 25.8. The van der Waals surface area contributed by atoms with Crippen LogP contribution in [0.4, 0.5) is 4.39 Å². The van der Waals surface area contributed by atoms with Crippen molar-refractivity contribution in [3.8, 4) is 22.6 Å². The van der Waals surface area contributed by atoms with Crippen LogP contribution in [0.3, 0.4) is 0 Å². The third kappa shape index (κ3) is 5.60. The van der Waals surface area contributed by atoms with Crippen LogP contribution in [-0.2, 0) is 6.54 Å². The SMILES string of the molecule is CCOc1cc(CN2CC[C@H]3C(CC(=O)c4cc(C)ccn4)CC[C@H]32)cc(OCC)c1-c1ccc(F)cc1. The molecule has 2 fully saturated rings. The number of ether oxygens (including phenoxy) is 2. The van der Waals surface area contributed by atoms with E-state index in [0.29, 0.717) is 43.2 Å². The Morgan fingerprint density at radius 3 is 2.37 bits per heavy atom. The van der Waals surface area contributed by atoms with Gasteiger partial charge in [-0.15, -0.1) is 0 Å². The molecular formula is C32H37FN2O3. The van der Waals surface area contributed by atoms with E-state index in [2.05, 4.69) is 22.0 Å². The Bertz CT molecular complexity index is 1250. The van der Waals surface area contributed by atoms with Crippen molar-refractivity contribution in [3.05, 3.63) is 77.4 Å². The number of carbonyl (C=O) groups is 1. The number of aryl methyl sites for hydroxylation is 1. The zero-order valence-electron chi connectivity index (χ0n) is 22.6. The lowest BCUT2D eigenvalue weighted by Crippen LogP contribution is -2.30. The van der Waals surface area contributed by atoms with Crippen LogP contribution < -0.4 is 9.47 Å². The minimum absolute atomic E-state index is 0.164. The summed E-state index contributed by atoms with van der Waals surface area (Å²) in [5.74, 6) is 2.37. The second-order valence-electron chi connectivity index (χ2n) is 10.5. The summed E-state index contributed by atoms with van der Waals surface area (Å²) in [7, 11) is 0. The largest absolute Gasteiger partial charge is 0.493 e. The van der Waals surface area contributed by atoms with Gasteiger partial charge in [-0.25, -0.2) is 4.39 Å². The number of carbonyl (C=O) groups excluding carboxylic acids is 1. The van der Waals surface area contributed by atoms with Crippen LogP contribution in [0.15, 0.2) is 54.7 Å². The summed E-state index contributed by atoms with van der Waals surface area (Å²) in [5, 5.41) is 0. The predicted molar refractivity (Wildman–Crippen MR) is 147 cm³/mol. The zero-order valence-corrected chi connectivity index (χ0v) is 22.6. The normalized spacial score (nSPS) is 20.9. The lowest BCUT2D eigenvalue weighted by atomic mass is 9.88. The Hall–Kier alpha value is -3.25. The molecule has 5 nitrogen and oxygen atoms in total. The minimum Gasteiger partial charge on any atom is -0.493 e. The summed E-state index contributed by atoms with van der Waals surface area (Å²) in [6, 6.07) is 15.0. The van der Waals surface area contributed by atoms with Gasteiger partial charge in [0.15, 0.2) is 5.78 Å². The van der Waals surface area contributed by atoms with E-state index in [1.165, 1.54) is 12.1 Å². The molecule has 1 aliphatic carbocycles. The van der Waals surface area contributed by atoms with Gasteiger partial charge in [0.2, 0.25) is 0 Å². The Morgan fingerprint density at radius 1 is 1.00 bits per heavy atom. The van der Waals surface area contributed by atoms with Gasteiger partial charge in [-0.3, -0.25) is 14.7 Å². The van der Waals surface area contributed by atoms with Crippen LogP contribution in [0.2, 0.25) is 0 Å². The van der Waals surface area contributed by atoms with Crippen molar-refractivity contribution in [1.82, 2.24) is 9.88 Å². The fourth-order valence-corrected chi connectivity index (χ4v) is 6.38. The third-order valence-electron chi connectivity index (χ3n) is 8.04. The average Bonchev–Trinajstić information content (AvgIpc) is 3.48. The first-order valence-electron chi connectivity index (χ1n) is 13.8. The number of aromatic nitrogens is 1. The molecule has 6 heteroatoms. The van der Waals surface area contributed by atoms with Gasteiger partial charge in [-0.05, 0) is 112 Å². The van der Waals surface area contributed by atoms with Crippen LogP contribution in [0.25, 0.3) is 11.1 Å². The molecule has 0 bridgehead atoms. The van der Waals surface area contributed by atoms with Crippen LogP contribution in [0, 0.1) is 24.6 Å². The van der Waals surface area contributed by atoms with Crippen molar-refractivity contribution in [1.29, 1.82) is 0 Å². The minimum atomic E-state index is -0.267. The first-order valence-corrected chi connectivity index (χ1v) is 13.8. The van der Waals surface area contributed by atoms with Crippen LogP contribution >= 0.6 is 0 Å². The topological polar surface area (TPSA) is 51.7 Å². The molecule has 0 spiro atoms. The van der Waals surface area contributed by atoms with Crippen molar-refractivity contribution in [2.24, 2.45) is 11.8 Å². The molecule has 3 aromatic rings. The highest BCUT2D eigenvalue weighted by atomic mass is 19.1. The van der Waals surface area contributed by atoms with Gasteiger partial charge in [0, 0.05) is 25.2 Å². The maximum absolute atomic E-state index is 13.6. The number of fused-ring (bicyclic) bond motifs is 1. The lowest BCUT2D eigenvalue weighted by molar-refractivity contribution is 0.0944.